The molecule has 23 heavy (non-hydrogen) atoms. The van der Waals surface area contributed by atoms with E-state index < -0.39 is 0 Å². The van der Waals surface area contributed by atoms with Gasteiger partial charge < -0.3 is 10.5 Å². The summed E-state index contributed by atoms with van der Waals surface area (Å²) in [6.07, 6.45) is 3.32. The van der Waals surface area contributed by atoms with Crippen molar-refractivity contribution in [2.75, 3.05) is 0 Å². The van der Waals surface area contributed by atoms with E-state index >= 15 is 0 Å². The number of hydrogen-bond donors (Lipinski definition) is 1. The molecule has 2 aromatic heterocycles. The van der Waals surface area contributed by atoms with E-state index in [0.717, 1.165) is 5.56 Å². The predicted octanol–water partition coefficient (Wildman–Crippen LogP) is 2.88. The minimum absolute atomic E-state index is 0.354. The molecule has 0 aliphatic carbocycles. The van der Waals surface area contributed by atoms with Crippen molar-refractivity contribution in [1.82, 2.24) is 20.2 Å². The number of halogens is 1. The molecule has 2 N–H and O–H groups in total. The molecule has 0 saturated heterocycles. The molecule has 0 bridgehead atoms. The number of aromatic nitrogens is 4. The summed E-state index contributed by atoms with van der Waals surface area (Å²) in [4.78, 5) is 8.57. The summed E-state index contributed by atoms with van der Waals surface area (Å²) in [5.74, 6) is 0.915. The maximum absolute atomic E-state index is 9.08. The lowest BCUT2D eigenvalue weighted by Gasteiger charge is -2.08. The first-order valence-electron chi connectivity index (χ1n) is 6.42. The van der Waals surface area contributed by atoms with Crippen LogP contribution >= 0.6 is 27.3 Å². The zero-order valence-corrected chi connectivity index (χ0v) is 14.0. The van der Waals surface area contributed by atoms with Gasteiger partial charge in [-0.15, -0.1) is 5.10 Å². The second kappa shape index (κ2) is 6.78. The average Bonchev–Trinajstić information content (AvgIpc) is 3.00. The first-order valence-corrected chi connectivity index (χ1v) is 8.03. The summed E-state index contributed by atoms with van der Waals surface area (Å²) >= 11 is 4.47. The molecule has 1 aromatic carbocycles. The third kappa shape index (κ3) is 3.50. The lowest BCUT2D eigenvalue weighted by atomic mass is 10.1. The number of ether oxygens (including phenoxy) is 1. The summed E-state index contributed by atoms with van der Waals surface area (Å²) in [5, 5.41) is 17.2. The van der Waals surface area contributed by atoms with Crippen molar-refractivity contribution in [1.29, 1.82) is 5.26 Å². The minimum Gasteiger partial charge on any atom is -0.429 e. The number of rotatable bonds is 4. The second-order valence-electron chi connectivity index (χ2n) is 4.36. The Bertz CT molecular complexity index is 874. The van der Waals surface area contributed by atoms with E-state index in [0.29, 0.717) is 38.4 Å². The summed E-state index contributed by atoms with van der Waals surface area (Å²) in [5.41, 5.74) is 7.50. The Balaban J connectivity index is 2.02. The van der Waals surface area contributed by atoms with Crippen molar-refractivity contribution >= 4 is 27.3 Å². The zero-order chi connectivity index (χ0) is 16.2. The van der Waals surface area contributed by atoms with Crippen molar-refractivity contribution in [3.05, 3.63) is 45.6 Å². The molecule has 0 aliphatic rings. The van der Waals surface area contributed by atoms with Crippen molar-refractivity contribution < 1.29 is 4.74 Å². The molecule has 0 fully saturated rings. The monoisotopic (exact) mass is 388 g/mol. The number of nitrogens with two attached hydrogens (primary N) is 1. The maximum Gasteiger partial charge on any atom is 0.300 e. The van der Waals surface area contributed by atoms with E-state index in [4.69, 9.17) is 15.7 Å². The molecule has 3 aromatic rings. The average molecular weight is 389 g/mol. The Morgan fingerprint density at radius 2 is 2.04 bits per heavy atom. The van der Waals surface area contributed by atoms with Crippen LogP contribution in [-0.4, -0.2) is 20.2 Å². The minimum atomic E-state index is 0.354. The fraction of sp³-hybridized carbons (Fsp3) is 0.0714. The van der Waals surface area contributed by atoms with Gasteiger partial charge in [0, 0.05) is 24.5 Å². The molecule has 0 amide bonds. The van der Waals surface area contributed by atoms with E-state index in [2.05, 4.69) is 42.2 Å². The molecule has 3 rings (SSSR count). The highest BCUT2D eigenvalue weighted by atomic mass is 79.9. The maximum atomic E-state index is 9.08. The number of nitrogens with zero attached hydrogens (tertiary/aromatic N) is 5. The normalized spacial score (nSPS) is 10.3. The summed E-state index contributed by atoms with van der Waals surface area (Å²) in [6.45, 7) is 0.371. The third-order valence-corrected chi connectivity index (χ3v) is 4.11. The largest absolute Gasteiger partial charge is 0.429 e. The van der Waals surface area contributed by atoms with Crippen LogP contribution < -0.4 is 10.5 Å². The zero-order valence-electron chi connectivity index (χ0n) is 11.6. The van der Waals surface area contributed by atoms with Crippen LogP contribution in [0.3, 0.4) is 0 Å². The van der Waals surface area contributed by atoms with E-state index in [1.54, 1.807) is 30.6 Å². The van der Waals surface area contributed by atoms with Gasteiger partial charge in [-0.3, -0.25) is 0 Å². The Kier molecular flexibility index (Phi) is 4.57. The number of nitriles is 1. The molecule has 0 saturated carbocycles. The molecule has 114 valence electrons. The molecule has 7 nitrogen and oxygen atoms in total. The van der Waals surface area contributed by atoms with E-state index in [-0.39, 0.29) is 0 Å². The van der Waals surface area contributed by atoms with Gasteiger partial charge in [0.25, 0.3) is 5.19 Å². The lowest BCUT2D eigenvalue weighted by Crippen LogP contribution is -2.00. The summed E-state index contributed by atoms with van der Waals surface area (Å²) in [7, 11) is 0. The van der Waals surface area contributed by atoms with Gasteiger partial charge in [-0.2, -0.15) is 5.26 Å². The highest BCUT2D eigenvalue weighted by Gasteiger charge is 2.13. The Labute approximate surface area is 143 Å². The van der Waals surface area contributed by atoms with Gasteiger partial charge >= 0.3 is 0 Å². The molecular formula is C14H9BrN6OS. The molecule has 0 unspecified atom stereocenters. The molecule has 0 atom stereocenters. The van der Waals surface area contributed by atoms with Crippen LogP contribution in [0.5, 0.6) is 10.9 Å². The van der Waals surface area contributed by atoms with Gasteiger partial charge in [0.1, 0.15) is 5.75 Å². The van der Waals surface area contributed by atoms with Crippen LogP contribution in [0.25, 0.3) is 11.4 Å². The SMILES string of the molecule is N#Cc1ccc(-c2ncc(CN)cn2)c(Oc2nnc(Br)s2)c1. The fourth-order valence-electron chi connectivity index (χ4n) is 1.79. The Hall–Kier alpha value is -2.41. The van der Waals surface area contributed by atoms with Gasteiger partial charge in [0.05, 0.1) is 17.2 Å². The predicted molar refractivity (Wildman–Crippen MR) is 87.8 cm³/mol. The van der Waals surface area contributed by atoms with Crippen molar-refractivity contribution in [3.8, 4) is 28.4 Å². The first-order chi connectivity index (χ1) is 11.2. The lowest BCUT2D eigenvalue weighted by molar-refractivity contribution is 0.474. The highest BCUT2D eigenvalue weighted by Crippen LogP contribution is 2.34. The van der Waals surface area contributed by atoms with Crippen LogP contribution in [0.15, 0.2) is 34.5 Å². The molecular weight excluding hydrogens is 380 g/mol. The van der Waals surface area contributed by atoms with Gasteiger partial charge in [0.15, 0.2) is 9.74 Å². The summed E-state index contributed by atoms with van der Waals surface area (Å²) in [6, 6.07) is 7.11. The van der Waals surface area contributed by atoms with Crippen LogP contribution in [0.2, 0.25) is 0 Å². The van der Waals surface area contributed by atoms with Gasteiger partial charge in [-0.05, 0) is 45.5 Å². The van der Waals surface area contributed by atoms with E-state index in [1.807, 2.05) is 0 Å². The van der Waals surface area contributed by atoms with Crippen molar-refractivity contribution in [3.63, 3.8) is 0 Å². The fourth-order valence-corrected chi connectivity index (χ4v) is 2.72. The van der Waals surface area contributed by atoms with Crippen LogP contribution in [0.1, 0.15) is 11.1 Å². The van der Waals surface area contributed by atoms with Crippen molar-refractivity contribution in [2.45, 2.75) is 6.54 Å². The molecule has 0 radical (unpaired) electrons. The van der Waals surface area contributed by atoms with Crippen LogP contribution in [0, 0.1) is 11.3 Å². The first kappa shape index (κ1) is 15.5. The highest BCUT2D eigenvalue weighted by molar-refractivity contribution is 9.11. The third-order valence-electron chi connectivity index (χ3n) is 2.87. The van der Waals surface area contributed by atoms with Gasteiger partial charge in [-0.25, -0.2) is 9.97 Å². The molecule has 9 heteroatoms. The Morgan fingerprint density at radius 1 is 1.26 bits per heavy atom. The molecule has 0 spiro atoms. The smallest absolute Gasteiger partial charge is 0.300 e. The van der Waals surface area contributed by atoms with Crippen molar-refractivity contribution in [2.24, 2.45) is 5.73 Å². The van der Waals surface area contributed by atoms with Gasteiger partial charge in [0.2, 0.25) is 0 Å². The topological polar surface area (TPSA) is 111 Å². The van der Waals surface area contributed by atoms with Crippen LogP contribution in [0.4, 0.5) is 0 Å². The number of hydrogen-bond acceptors (Lipinski definition) is 8. The second-order valence-corrected chi connectivity index (χ2v) is 6.58. The van der Waals surface area contributed by atoms with E-state index in [9.17, 15) is 0 Å². The molecule has 0 aliphatic heterocycles. The van der Waals surface area contributed by atoms with E-state index in [1.165, 1.54) is 11.3 Å². The van der Waals surface area contributed by atoms with Crippen LogP contribution in [-0.2, 0) is 6.54 Å². The quantitative estimate of drug-likeness (QED) is 0.730. The van der Waals surface area contributed by atoms with Gasteiger partial charge in [-0.1, -0.05) is 5.10 Å². The summed E-state index contributed by atoms with van der Waals surface area (Å²) < 4.78 is 6.35. The number of benzene rings is 1. The molecule has 2 heterocycles. The Morgan fingerprint density at radius 3 is 2.65 bits per heavy atom. The standard InChI is InChI=1S/C14H9BrN6OS/c15-13-20-21-14(23-13)22-11-3-8(4-16)1-2-10(11)12-18-6-9(5-17)7-19-12/h1-3,6-7H,5,17H2.